The van der Waals surface area contributed by atoms with Gasteiger partial charge in [0.2, 0.25) is 0 Å². The predicted molar refractivity (Wildman–Crippen MR) is 82.2 cm³/mol. The molecule has 3 heteroatoms. The van der Waals surface area contributed by atoms with Gasteiger partial charge in [-0.2, -0.15) is 0 Å². The molecule has 0 amide bonds. The third-order valence-electron chi connectivity index (χ3n) is 3.22. The number of phenolic OH excluding ortho intramolecular Hbond substituents is 1. The summed E-state index contributed by atoms with van der Waals surface area (Å²) in [6, 6.07) is 16.1. The van der Waals surface area contributed by atoms with E-state index in [1.165, 1.54) is 5.56 Å². The van der Waals surface area contributed by atoms with Crippen molar-refractivity contribution >= 4 is 15.9 Å². The van der Waals surface area contributed by atoms with Crippen LogP contribution in [0.15, 0.2) is 53.0 Å². The summed E-state index contributed by atoms with van der Waals surface area (Å²) < 4.78 is 1.09. The Morgan fingerprint density at radius 3 is 2.11 bits per heavy atom. The largest absolute Gasteiger partial charge is 0.508 e. The Bertz CT molecular complexity index is 506. The highest BCUT2D eigenvalue weighted by atomic mass is 79.9. The molecule has 0 aromatic heterocycles. The van der Waals surface area contributed by atoms with Crippen molar-refractivity contribution in [3.63, 3.8) is 0 Å². The molecule has 0 aliphatic heterocycles. The van der Waals surface area contributed by atoms with Crippen molar-refractivity contribution < 1.29 is 5.11 Å². The van der Waals surface area contributed by atoms with Crippen LogP contribution in [0.2, 0.25) is 0 Å². The fourth-order valence-electron chi connectivity index (χ4n) is 2.14. The third-order valence-corrected chi connectivity index (χ3v) is 3.71. The monoisotopic (exact) mass is 319 g/mol. The molecule has 0 spiro atoms. The Balaban J connectivity index is 2.08. The molecule has 0 saturated carbocycles. The highest BCUT2D eigenvalue weighted by molar-refractivity contribution is 9.10. The summed E-state index contributed by atoms with van der Waals surface area (Å²) in [5.41, 5.74) is 2.32. The molecule has 2 atom stereocenters. The lowest BCUT2D eigenvalue weighted by atomic mass is 10.0. The van der Waals surface area contributed by atoms with E-state index in [4.69, 9.17) is 0 Å². The Morgan fingerprint density at radius 2 is 1.53 bits per heavy atom. The van der Waals surface area contributed by atoms with Crippen molar-refractivity contribution in [1.82, 2.24) is 5.32 Å². The maximum atomic E-state index is 9.52. The number of rotatable bonds is 4. The van der Waals surface area contributed by atoms with Crippen molar-refractivity contribution in [2.24, 2.45) is 0 Å². The number of phenols is 1. The van der Waals surface area contributed by atoms with Gasteiger partial charge in [-0.3, -0.25) is 0 Å². The second-order valence-corrected chi connectivity index (χ2v) is 5.68. The standard InChI is InChI=1S/C16H18BrNO/c1-11(13-5-3-7-15(17)9-13)18-12(2)14-6-4-8-16(19)10-14/h3-12,18-19H,1-2H3. The Morgan fingerprint density at radius 1 is 0.947 bits per heavy atom. The lowest BCUT2D eigenvalue weighted by Crippen LogP contribution is -2.22. The average molecular weight is 320 g/mol. The highest BCUT2D eigenvalue weighted by Gasteiger charge is 2.11. The Labute approximate surface area is 122 Å². The highest BCUT2D eigenvalue weighted by Crippen LogP contribution is 2.23. The minimum absolute atomic E-state index is 0.182. The van der Waals surface area contributed by atoms with Crippen molar-refractivity contribution in [3.8, 4) is 5.75 Å². The summed E-state index contributed by atoms with van der Waals surface area (Å²) in [7, 11) is 0. The summed E-state index contributed by atoms with van der Waals surface area (Å²) in [6.45, 7) is 4.24. The van der Waals surface area contributed by atoms with Gasteiger partial charge >= 0.3 is 0 Å². The molecule has 0 saturated heterocycles. The van der Waals surface area contributed by atoms with Crippen LogP contribution in [-0.4, -0.2) is 5.11 Å². The van der Waals surface area contributed by atoms with Crippen LogP contribution in [0, 0.1) is 0 Å². The van der Waals surface area contributed by atoms with Crippen molar-refractivity contribution in [1.29, 1.82) is 0 Å². The van der Waals surface area contributed by atoms with E-state index in [-0.39, 0.29) is 12.1 Å². The molecule has 2 nitrogen and oxygen atoms in total. The van der Waals surface area contributed by atoms with Gasteiger partial charge in [-0.05, 0) is 49.2 Å². The average Bonchev–Trinajstić information content (AvgIpc) is 2.38. The quantitative estimate of drug-likeness (QED) is 0.865. The Kier molecular flexibility index (Phi) is 4.61. The van der Waals surface area contributed by atoms with Crippen molar-refractivity contribution in [2.45, 2.75) is 25.9 Å². The topological polar surface area (TPSA) is 32.3 Å². The molecule has 0 radical (unpaired) electrons. The molecule has 0 bridgehead atoms. The van der Waals surface area contributed by atoms with Gasteiger partial charge in [0.25, 0.3) is 0 Å². The van der Waals surface area contributed by atoms with Crippen LogP contribution in [0.25, 0.3) is 0 Å². The van der Waals surface area contributed by atoms with Crippen LogP contribution < -0.4 is 5.32 Å². The number of benzene rings is 2. The van der Waals surface area contributed by atoms with E-state index in [0.29, 0.717) is 5.75 Å². The van der Waals surface area contributed by atoms with Gasteiger partial charge in [0.1, 0.15) is 5.75 Å². The molecule has 2 aromatic rings. The van der Waals surface area contributed by atoms with Crippen molar-refractivity contribution in [2.75, 3.05) is 0 Å². The van der Waals surface area contributed by atoms with Crippen molar-refractivity contribution in [3.05, 3.63) is 64.1 Å². The van der Waals surface area contributed by atoms with Crippen LogP contribution in [0.1, 0.15) is 37.1 Å². The number of hydrogen-bond acceptors (Lipinski definition) is 2. The van der Waals surface area contributed by atoms with E-state index in [1.807, 2.05) is 24.3 Å². The number of nitrogens with one attached hydrogen (secondary N) is 1. The predicted octanol–water partition coefficient (Wildman–Crippen LogP) is 4.57. The zero-order valence-electron chi connectivity index (χ0n) is 11.1. The fourth-order valence-corrected chi connectivity index (χ4v) is 2.55. The molecule has 2 unspecified atom stereocenters. The van der Waals surface area contributed by atoms with Gasteiger partial charge in [0.15, 0.2) is 0 Å². The molecule has 0 heterocycles. The molecule has 100 valence electrons. The first-order valence-electron chi connectivity index (χ1n) is 6.36. The normalized spacial score (nSPS) is 14.1. The van der Waals surface area contributed by atoms with Gasteiger partial charge in [-0.25, -0.2) is 0 Å². The molecule has 0 fully saturated rings. The van der Waals surface area contributed by atoms with Gasteiger partial charge in [0.05, 0.1) is 0 Å². The van der Waals surface area contributed by atoms with Gasteiger partial charge in [-0.1, -0.05) is 40.2 Å². The first kappa shape index (κ1) is 14.1. The lowest BCUT2D eigenvalue weighted by molar-refractivity contribution is 0.466. The molecule has 2 N–H and O–H groups in total. The SMILES string of the molecule is CC(NC(C)c1cccc(Br)c1)c1cccc(O)c1. The van der Waals surface area contributed by atoms with Crippen LogP contribution >= 0.6 is 15.9 Å². The fraction of sp³-hybridized carbons (Fsp3) is 0.250. The molecule has 0 aliphatic carbocycles. The van der Waals surface area contributed by atoms with E-state index in [0.717, 1.165) is 10.0 Å². The maximum Gasteiger partial charge on any atom is 0.115 e. The van der Waals surface area contributed by atoms with Gasteiger partial charge < -0.3 is 10.4 Å². The first-order valence-corrected chi connectivity index (χ1v) is 7.16. The smallest absolute Gasteiger partial charge is 0.115 e. The van der Waals surface area contributed by atoms with Crippen LogP contribution in [0.3, 0.4) is 0 Å². The lowest BCUT2D eigenvalue weighted by Gasteiger charge is -2.21. The summed E-state index contributed by atoms with van der Waals surface area (Å²) in [5, 5.41) is 13.1. The molecule has 19 heavy (non-hydrogen) atoms. The first-order chi connectivity index (χ1) is 9.06. The second-order valence-electron chi connectivity index (χ2n) is 4.76. The van der Waals surface area contributed by atoms with Crippen LogP contribution in [0.4, 0.5) is 0 Å². The zero-order valence-corrected chi connectivity index (χ0v) is 12.7. The summed E-state index contributed by atoms with van der Waals surface area (Å²) in [5.74, 6) is 0.307. The maximum absolute atomic E-state index is 9.52. The van der Waals surface area contributed by atoms with Gasteiger partial charge in [-0.15, -0.1) is 0 Å². The summed E-state index contributed by atoms with van der Waals surface area (Å²) in [6.07, 6.45) is 0. The molecule has 0 aliphatic rings. The Hall–Kier alpha value is -1.32. The van der Waals surface area contributed by atoms with E-state index >= 15 is 0 Å². The molecular formula is C16H18BrNO. The molecule has 2 aromatic carbocycles. The van der Waals surface area contributed by atoms with E-state index < -0.39 is 0 Å². The third kappa shape index (κ3) is 3.82. The number of halogens is 1. The number of aromatic hydroxyl groups is 1. The van der Waals surface area contributed by atoms with E-state index in [2.05, 4.69) is 47.2 Å². The summed E-state index contributed by atoms with van der Waals surface area (Å²) >= 11 is 3.49. The molecule has 2 rings (SSSR count). The van der Waals surface area contributed by atoms with Gasteiger partial charge in [0, 0.05) is 16.6 Å². The second kappa shape index (κ2) is 6.22. The zero-order chi connectivity index (χ0) is 13.8. The molecular weight excluding hydrogens is 302 g/mol. The van der Waals surface area contributed by atoms with Crippen LogP contribution in [0.5, 0.6) is 5.75 Å². The van der Waals surface area contributed by atoms with Crippen LogP contribution in [-0.2, 0) is 0 Å². The minimum atomic E-state index is 0.182. The van der Waals surface area contributed by atoms with E-state index in [1.54, 1.807) is 12.1 Å². The number of hydrogen-bond donors (Lipinski definition) is 2. The minimum Gasteiger partial charge on any atom is -0.508 e. The van der Waals surface area contributed by atoms with E-state index in [9.17, 15) is 5.11 Å². The summed E-state index contributed by atoms with van der Waals surface area (Å²) in [4.78, 5) is 0.